The van der Waals surface area contributed by atoms with Crippen molar-refractivity contribution >= 4 is 11.6 Å². The second-order valence-corrected chi connectivity index (χ2v) is 6.89. The van der Waals surface area contributed by atoms with Crippen LogP contribution in [0, 0.1) is 0 Å². The van der Waals surface area contributed by atoms with Gasteiger partial charge in [-0.2, -0.15) is 0 Å². The molecule has 1 unspecified atom stereocenters. The van der Waals surface area contributed by atoms with Crippen molar-refractivity contribution in [1.29, 1.82) is 0 Å². The third kappa shape index (κ3) is 6.55. The summed E-state index contributed by atoms with van der Waals surface area (Å²) < 4.78 is 16.7. The predicted octanol–water partition coefficient (Wildman–Crippen LogP) is 5.11. The number of hydrogen-bond donors (Lipinski definition) is 1. The molecule has 5 nitrogen and oxygen atoms in total. The largest absolute Gasteiger partial charge is 0.497 e. The Hall–Kier alpha value is -3.47. The molecule has 3 rings (SSSR count). The predicted molar refractivity (Wildman–Crippen MR) is 118 cm³/mol. The van der Waals surface area contributed by atoms with Gasteiger partial charge >= 0.3 is 0 Å². The zero-order valence-electron chi connectivity index (χ0n) is 17.3. The summed E-state index contributed by atoms with van der Waals surface area (Å²) in [7, 11) is 1.60. The summed E-state index contributed by atoms with van der Waals surface area (Å²) in [6, 6.07) is 24.8. The number of nitrogens with one attached hydrogen (secondary N) is 1. The Kier molecular flexibility index (Phi) is 7.72. The van der Waals surface area contributed by atoms with Crippen molar-refractivity contribution in [3.63, 3.8) is 0 Å². The highest BCUT2D eigenvalue weighted by Gasteiger charge is 2.15. The van der Waals surface area contributed by atoms with Gasteiger partial charge in [0.05, 0.1) is 13.7 Å². The topological polar surface area (TPSA) is 56.8 Å². The van der Waals surface area contributed by atoms with Crippen LogP contribution in [0.25, 0.3) is 0 Å². The number of amides is 1. The van der Waals surface area contributed by atoms with Gasteiger partial charge in [0.25, 0.3) is 5.91 Å². The number of rotatable bonds is 10. The molecule has 0 bridgehead atoms. The van der Waals surface area contributed by atoms with Crippen LogP contribution in [-0.2, 0) is 11.2 Å². The summed E-state index contributed by atoms with van der Waals surface area (Å²) in [5.74, 6) is 1.84. The molecule has 1 amide bonds. The van der Waals surface area contributed by atoms with Crippen LogP contribution >= 0.6 is 0 Å². The monoisotopic (exact) mass is 405 g/mol. The molecule has 5 heteroatoms. The molecule has 3 aromatic carbocycles. The van der Waals surface area contributed by atoms with Crippen LogP contribution in [0.1, 0.15) is 18.9 Å². The average Bonchev–Trinajstić information content (AvgIpc) is 2.78. The summed E-state index contributed by atoms with van der Waals surface area (Å²) in [5.41, 5.74) is 1.97. The molecule has 0 saturated carbocycles. The standard InChI is InChI=1S/C25H27NO4/c1-19(30-23-15-13-22(28-2)14-16-23)25(27)26-21-11-6-12-24(18-21)29-17-7-10-20-8-4-3-5-9-20/h3-6,8-9,11-16,18-19H,7,10,17H2,1-2H3,(H,26,27). The van der Waals surface area contributed by atoms with E-state index in [-0.39, 0.29) is 5.91 Å². The fourth-order valence-corrected chi connectivity index (χ4v) is 2.93. The number of ether oxygens (including phenoxy) is 3. The van der Waals surface area contributed by atoms with Crippen LogP contribution in [0.3, 0.4) is 0 Å². The lowest BCUT2D eigenvalue weighted by Crippen LogP contribution is -2.30. The molecule has 0 saturated heterocycles. The van der Waals surface area contributed by atoms with Crippen molar-refractivity contribution in [3.8, 4) is 17.2 Å². The van der Waals surface area contributed by atoms with E-state index in [9.17, 15) is 4.79 Å². The quantitative estimate of drug-likeness (QED) is 0.476. The summed E-state index contributed by atoms with van der Waals surface area (Å²) >= 11 is 0. The summed E-state index contributed by atoms with van der Waals surface area (Å²) in [5, 5.41) is 2.87. The number of carbonyl (C=O) groups excluding carboxylic acids is 1. The van der Waals surface area contributed by atoms with Gasteiger partial charge in [0, 0.05) is 11.8 Å². The summed E-state index contributed by atoms with van der Waals surface area (Å²) in [6.45, 7) is 2.33. The van der Waals surface area contributed by atoms with Crippen LogP contribution < -0.4 is 19.5 Å². The molecular formula is C25H27NO4. The first-order chi connectivity index (χ1) is 14.6. The third-order valence-electron chi connectivity index (χ3n) is 4.56. The fraction of sp³-hybridized carbons (Fsp3) is 0.240. The molecule has 30 heavy (non-hydrogen) atoms. The van der Waals surface area contributed by atoms with E-state index >= 15 is 0 Å². The van der Waals surface area contributed by atoms with Crippen molar-refractivity contribution in [3.05, 3.63) is 84.4 Å². The molecule has 0 heterocycles. The second kappa shape index (κ2) is 10.9. The second-order valence-electron chi connectivity index (χ2n) is 6.89. The number of aryl methyl sites for hydroxylation is 1. The normalized spacial score (nSPS) is 11.4. The number of carbonyl (C=O) groups is 1. The Bertz CT molecular complexity index is 925. The van der Waals surface area contributed by atoms with E-state index < -0.39 is 6.10 Å². The third-order valence-corrected chi connectivity index (χ3v) is 4.56. The lowest BCUT2D eigenvalue weighted by atomic mass is 10.1. The Morgan fingerprint density at radius 2 is 1.63 bits per heavy atom. The average molecular weight is 405 g/mol. The van der Waals surface area contributed by atoms with E-state index in [2.05, 4.69) is 17.4 Å². The van der Waals surface area contributed by atoms with Gasteiger partial charge in [0.1, 0.15) is 17.2 Å². The van der Waals surface area contributed by atoms with Gasteiger partial charge in [-0.15, -0.1) is 0 Å². The van der Waals surface area contributed by atoms with Crippen LogP contribution in [0.15, 0.2) is 78.9 Å². The summed E-state index contributed by atoms with van der Waals surface area (Å²) in [6.07, 6.45) is 1.25. The molecule has 0 fully saturated rings. The van der Waals surface area contributed by atoms with Crippen molar-refractivity contribution < 1.29 is 19.0 Å². The molecule has 0 aliphatic carbocycles. The molecule has 0 spiro atoms. The highest BCUT2D eigenvalue weighted by molar-refractivity contribution is 5.94. The zero-order chi connectivity index (χ0) is 21.2. The molecule has 3 aromatic rings. The van der Waals surface area contributed by atoms with Crippen LogP contribution in [-0.4, -0.2) is 25.7 Å². The van der Waals surface area contributed by atoms with Crippen molar-refractivity contribution in [2.24, 2.45) is 0 Å². The number of methoxy groups -OCH3 is 1. The molecule has 0 radical (unpaired) electrons. The van der Waals surface area contributed by atoms with Crippen LogP contribution in [0.2, 0.25) is 0 Å². The fourth-order valence-electron chi connectivity index (χ4n) is 2.93. The van der Waals surface area contributed by atoms with Gasteiger partial charge in [0.2, 0.25) is 0 Å². The maximum atomic E-state index is 12.5. The van der Waals surface area contributed by atoms with Gasteiger partial charge in [-0.3, -0.25) is 4.79 Å². The zero-order valence-corrected chi connectivity index (χ0v) is 17.3. The van der Waals surface area contributed by atoms with Crippen LogP contribution in [0.4, 0.5) is 5.69 Å². The molecule has 1 atom stereocenters. The molecule has 156 valence electrons. The van der Waals surface area contributed by atoms with Gasteiger partial charge in [-0.05, 0) is 61.7 Å². The lowest BCUT2D eigenvalue weighted by Gasteiger charge is -2.15. The summed E-state index contributed by atoms with van der Waals surface area (Å²) in [4.78, 5) is 12.5. The Morgan fingerprint density at radius 3 is 2.37 bits per heavy atom. The van der Waals surface area contributed by atoms with Gasteiger partial charge < -0.3 is 19.5 Å². The minimum atomic E-state index is -0.645. The number of benzene rings is 3. The SMILES string of the molecule is COc1ccc(OC(C)C(=O)Nc2cccc(OCCCc3ccccc3)c2)cc1. The Morgan fingerprint density at radius 1 is 0.900 bits per heavy atom. The Labute approximate surface area is 177 Å². The first-order valence-corrected chi connectivity index (χ1v) is 10.0. The van der Waals surface area contributed by atoms with Gasteiger partial charge in [-0.25, -0.2) is 0 Å². The van der Waals surface area contributed by atoms with Crippen molar-refractivity contribution in [2.45, 2.75) is 25.9 Å². The van der Waals surface area contributed by atoms with E-state index in [1.165, 1.54) is 5.56 Å². The van der Waals surface area contributed by atoms with Crippen molar-refractivity contribution in [2.75, 3.05) is 19.0 Å². The molecular weight excluding hydrogens is 378 g/mol. The van der Waals surface area contributed by atoms with E-state index in [1.807, 2.05) is 42.5 Å². The lowest BCUT2D eigenvalue weighted by molar-refractivity contribution is -0.122. The maximum Gasteiger partial charge on any atom is 0.265 e. The first kappa shape index (κ1) is 21.2. The van der Waals surface area contributed by atoms with E-state index in [0.29, 0.717) is 18.0 Å². The smallest absolute Gasteiger partial charge is 0.265 e. The highest BCUT2D eigenvalue weighted by Crippen LogP contribution is 2.20. The molecule has 0 aliphatic heterocycles. The van der Waals surface area contributed by atoms with E-state index in [1.54, 1.807) is 38.3 Å². The number of hydrogen-bond acceptors (Lipinski definition) is 4. The minimum Gasteiger partial charge on any atom is -0.497 e. The van der Waals surface area contributed by atoms with Crippen LogP contribution in [0.5, 0.6) is 17.2 Å². The van der Waals surface area contributed by atoms with Gasteiger partial charge in [0.15, 0.2) is 6.10 Å². The maximum absolute atomic E-state index is 12.5. The van der Waals surface area contributed by atoms with Crippen molar-refractivity contribution in [1.82, 2.24) is 0 Å². The molecule has 1 N–H and O–H groups in total. The molecule has 0 aromatic heterocycles. The first-order valence-electron chi connectivity index (χ1n) is 10.0. The van der Waals surface area contributed by atoms with Gasteiger partial charge in [-0.1, -0.05) is 36.4 Å². The Balaban J connectivity index is 1.46. The van der Waals surface area contributed by atoms with E-state index in [0.717, 1.165) is 24.3 Å². The molecule has 0 aliphatic rings. The number of anilines is 1. The van der Waals surface area contributed by atoms with E-state index in [4.69, 9.17) is 14.2 Å². The minimum absolute atomic E-state index is 0.230. The highest BCUT2D eigenvalue weighted by atomic mass is 16.5.